The number of hydrogen-bond acceptors (Lipinski definition) is 4. The van der Waals surface area contributed by atoms with E-state index in [4.69, 9.17) is 21.0 Å². The first-order valence-electron chi connectivity index (χ1n) is 9.14. The van der Waals surface area contributed by atoms with Crippen molar-refractivity contribution < 1.29 is 363 Å². The molecule has 0 aromatic carbocycles. The number of aromatic nitrogens is 12. The van der Waals surface area contributed by atoms with E-state index in [1.54, 1.807) is 62.8 Å². The molecule has 6 rings (SSSR count). The van der Waals surface area contributed by atoms with Crippen molar-refractivity contribution in [1.82, 2.24) is 39.9 Å². The Labute approximate surface area is 510 Å². The molecule has 0 unspecified atom stereocenters. The van der Waals surface area contributed by atoms with E-state index in [2.05, 4.69) is 59.8 Å². The summed E-state index contributed by atoms with van der Waals surface area (Å²) >= 11 is 0. The van der Waals surface area contributed by atoms with E-state index in [1.165, 1.54) is 0 Å². The van der Waals surface area contributed by atoms with Gasteiger partial charge in [-0.25, -0.2) is 9.97 Å². The minimum Gasteiger partial charge on any atom is -2.00 e. The van der Waals surface area contributed by atoms with Gasteiger partial charge < -0.3 is 184 Å². The topological polar surface area (TPSA) is 1070 Å². The van der Waals surface area contributed by atoms with Crippen molar-refractivity contribution in [3.63, 3.8) is 0 Å². The summed E-state index contributed by atoms with van der Waals surface area (Å²) in [5, 5.41) is 28.0. The van der Waals surface area contributed by atoms with Gasteiger partial charge in [-0.3, -0.25) is 39.9 Å². The van der Waals surface area contributed by atoms with Gasteiger partial charge in [-0.1, -0.05) is 0 Å². The summed E-state index contributed by atoms with van der Waals surface area (Å²) in [4.78, 5) is 35.3. The molecule has 18 N–H and O–H groups in total. The SMILES string of the molecule is O.O.O.O.[Mo].[Mo].[Mo].[Mo].[Mo].[Mo].[Mo].[Mo].[O-2].[O-2].[O-2].[O-2].[O-2].[O-2].[O-2].[O-2].[O-2].[O-2].[O-2].[O-2].[O-2].[O-2].[O-2].[O-2].[O-2].[O-2].[O-2].[O-2].[O-2].[O-2].[O-2].[O-2].[O][O-].[O][O-].c1c[nH+]c[nH]1.c1c[nH+]c[nH]1.c1c[nH+]c[nH]1.c1c[nH+]c[nH]1.c1c[nH]cn1.c1c[nH]cn1. The van der Waals surface area contributed by atoms with Gasteiger partial charge in [0, 0.05) is 193 Å². The van der Waals surface area contributed by atoms with Crippen molar-refractivity contribution in [1.29, 1.82) is 0 Å². The number of hydrogen-bond donors (Lipinski definition) is 6. The molecule has 44 nitrogen and oxygen atoms in total. The largest absolute Gasteiger partial charge is 2.00 e. The molecule has 52 heteroatoms. The molecule has 0 amide bonds. The van der Waals surface area contributed by atoms with Crippen LogP contribution in [0.2, 0.25) is 0 Å². The summed E-state index contributed by atoms with van der Waals surface area (Å²) in [5.74, 6) is 0. The minimum atomic E-state index is 0. The Morgan fingerprint density at radius 1 is 0.257 bits per heavy atom. The van der Waals surface area contributed by atoms with Gasteiger partial charge in [0.15, 0.2) is 0 Å². The minimum absolute atomic E-state index is 0. The zero-order chi connectivity index (χ0) is 25.2. The molecule has 0 saturated carbocycles. The van der Waals surface area contributed by atoms with Gasteiger partial charge in [-0.2, -0.15) is 0 Å². The van der Waals surface area contributed by atoms with Gasteiger partial charge >= 0.3 is 0 Å². The number of nitrogens with zero attached hydrogens (tertiary/aromatic N) is 2. The van der Waals surface area contributed by atoms with Gasteiger partial charge in [0.2, 0.25) is 25.3 Å². The maximum atomic E-state index is 7.00. The molecule has 2 radical (unpaired) electrons. The Hall–Kier alpha value is -0.514. The second-order valence-corrected chi connectivity index (χ2v) is 4.77. The summed E-state index contributed by atoms with van der Waals surface area (Å²) in [6, 6.07) is 0. The average Bonchev–Trinajstić information content (AvgIpc) is 3.80. The molecule has 6 aromatic heterocycles. The summed E-state index contributed by atoms with van der Waals surface area (Å²) in [5.41, 5.74) is 0. The maximum absolute atomic E-state index is 7.00. The smallest absolute Gasteiger partial charge is 0.239 e. The van der Waals surface area contributed by atoms with Gasteiger partial charge in [0.1, 0.15) is 49.6 Å². The van der Waals surface area contributed by atoms with Crippen LogP contribution in [0.15, 0.2) is 112 Å². The van der Waals surface area contributed by atoms with Crippen LogP contribution in [0.1, 0.15) is 0 Å². The van der Waals surface area contributed by atoms with E-state index in [0.29, 0.717) is 0 Å². The van der Waals surface area contributed by atoms with E-state index < -0.39 is 0 Å². The second-order valence-electron chi connectivity index (χ2n) is 4.77. The molecule has 454 valence electrons. The molecule has 6 aromatic rings. The third-order valence-electron chi connectivity index (χ3n) is 2.58. The van der Waals surface area contributed by atoms with Crippen LogP contribution in [-0.4, -0.2) is 61.8 Å². The summed E-state index contributed by atoms with van der Waals surface area (Å²) < 4.78 is 0. The van der Waals surface area contributed by atoms with Crippen LogP contribution >= 0.6 is 0 Å². The zero-order valence-electron chi connectivity index (χ0n) is 33.0. The van der Waals surface area contributed by atoms with E-state index in [1.807, 2.05) is 49.6 Å². The van der Waals surface area contributed by atoms with E-state index in [9.17, 15) is 0 Å². The van der Waals surface area contributed by atoms with Crippen LogP contribution in [0.3, 0.4) is 0 Å². The summed E-state index contributed by atoms with van der Waals surface area (Å²) in [7, 11) is 0. The molecular weight excluding hydrogens is 1660 g/mol. The van der Waals surface area contributed by atoms with E-state index in [0.717, 1.165) is 0 Å². The first-order chi connectivity index (χ1) is 17.0. The van der Waals surface area contributed by atoms with E-state index in [-0.39, 0.29) is 322 Å². The van der Waals surface area contributed by atoms with Gasteiger partial charge in [-0.05, 0) is 0 Å². The van der Waals surface area contributed by atoms with Crippen molar-refractivity contribution >= 4 is 0 Å². The third kappa shape index (κ3) is 343. The quantitative estimate of drug-likeness (QED) is 0.0490. The first kappa shape index (κ1) is 329. The molecule has 0 aliphatic rings. The number of nitrogens with one attached hydrogen (secondary N) is 10. The van der Waals surface area contributed by atoms with Crippen LogP contribution in [-0.2, 0) is 310 Å². The molecule has 0 fully saturated rings. The molecule has 0 atom stereocenters. The number of H-pyrrole nitrogens is 10. The van der Waals surface area contributed by atoms with Crippen molar-refractivity contribution in [2.24, 2.45) is 0 Å². The average molecular weight is 1700 g/mol. The second kappa shape index (κ2) is 359. The molecule has 0 spiro atoms. The predicted molar refractivity (Wildman–Crippen MR) is 139 cm³/mol. The van der Waals surface area contributed by atoms with Gasteiger partial charge in [0.25, 0.3) is 0 Å². The molecule has 0 aliphatic carbocycles. The monoisotopic (exact) mass is 1720 g/mol. The summed E-state index contributed by atoms with van der Waals surface area (Å²) in [6.07, 6.45) is 31.7. The van der Waals surface area contributed by atoms with Crippen LogP contribution in [0.4, 0.5) is 0 Å². The Balaban J connectivity index is -0.00000000436. The van der Waals surface area contributed by atoms with Crippen LogP contribution in [0.25, 0.3) is 0 Å². The van der Waals surface area contributed by atoms with E-state index >= 15 is 0 Å². The molecule has 6 heterocycles. The molecule has 0 aliphatic heterocycles. The Morgan fingerprint density at radius 3 is 0.429 bits per heavy atom. The van der Waals surface area contributed by atoms with Gasteiger partial charge in [-0.15, -0.1) is 0 Å². The summed E-state index contributed by atoms with van der Waals surface area (Å²) in [6.45, 7) is 0. The Bertz CT molecular complexity index is 670. The molecular formula is C18H36Mo8N12O32-46. The van der Waals surface area contributed by atoms with Crippen LogP contribution in [0.5, 0.6) is 0 Å². The van der Waals surface area contributed by atoms with Crippen LogP contribution < -0.4 is 30.5 Å². The number of aromatic amines is 10. The Kier molecular flexibility index (Phi) is 1680. The Morgan fingerprint density at radius 2 is 0.400 bits per heavy atom. The molecule has 70 heavy (non-hydrogen) atoms. The van der Waals surface area contributed by atoms with Crippen molar-refractivity contribution in [3.8, 4) is 0 Å². The number of rotatable bonds is 0. The maximum Gasteiger partial charge on any atom is 0.239 e. The van der Waals surface area contributed by atoms with Crippen molar-refractivity contribution in [2.75, 3.05) is 0 Å². The third-order valence-corrected chi connectivity index (χ3v) is 2.58. The fourth-order valence-electron chi connectivity index (χ4n) is 1.39. The van der Waals surface area contributed by atoms with Crippen molar-refractivity contribution in [2.45, 2.75) is 0 Å². The standard InChI is InChI=1S/6C3H4N2.8Mo.2O2.4H2O.24O/c6*1-2-5-3-4-1;;;;;;;;;2*1-2;;;;;;;;;;;;;;;;;;;;;;;;;;;;/h6*1-3H,(H,4,5);;;;;;;;;;;4*1H2;;;;;;;;;;;;;;;;;;;;;;;;/q;;;;;;;;;;;;;;2*-1;;;;;24*-2/p+4. The van der Waals surface area contributed by atoms with Crippen molar-refractivity contribution in [3.05, 3.63) is 112 Å². The van der Waals surface area contributed by atoms with Gasteiger partial charge in [0.05, 0.1) is 12.7 Å². The fraction of sp³-hybridized carbons (Fsp3) is 0. The first-order valence-corrected chi connectivity index (χ1v) is 9.14. The van der Waals surface area contributed by atoms with Crippen LogP contribution in [0, 0.1) is 0 Å². The normalized spacial score (nSPS) is 3.60. The molecule has 0 saturated heterocycles. The molecule has 0 bridgehead atoms. The zero-order valence-corrected chi connectivity index (χ0v) is 49.0. The predicted octanol–water partition coefficient (Wildman–Crippen LogP) is -8.65. The fourth-order valence-corrected chi connectivity index (χ4v) is 1.39. The number of imidazole rings is 6.